The highest BCUT2D eigenvalue weighted by Crippen LogP contribution is 2.32. The van der Waals surface area contributed by atoms with Gasteiger partial charge in [0.1, 0.15) is 18.2 Å². The Balaban J connectivity index is 1.85. The minimum Gasteiger partial charge on any atom is -0.493 e. The average molecular weight is 475 g/mol. The first-order valence-corrected chi connectivity index (χ1v) is 11.0. The Morgan fingerprint density at radius 1 is 1.09 bits per heavy atom. The molecule has 0 radical (unpaired) electrons. The third kappa shape index (κ3) is 6.15. The Kier molecular flexibility index (Phi) is 8.41. The number of carbonyl (C=O) groups excluding carboxylic acids is 3. The number of esters is 1. The van der Waals surface area contributed by atoms with Gasteiger partial charge < -0.3 is 14.2 Å². The van der Waals surface area contributed by atoms with Crippen molar-refractivity contribution < 1.29 is 28.6 Å². The topological polar surface area (TPSA) is 106 Å². The predicted molar refractivity (Wildman–Crippen MR) is 128 cm³/mol. The Labute approximate surface area is 204 Å². The fraction of sp³-hybridized carbons (Fsp3) is 0.259. The number of amides is 2. The smallest absolute Gasteiger partial charge is 0.302 e. The molecule has 180 valence electrons. The van der Waals surface area contributed by atoms with Crippen LogP contribution in [0.4, 0.5) is 0 Å². The fourth-order valence-electron chi connectivity index (χ4n) is 3.57. The zero-order valence-electron chi connectivity index (χ0n) is 19.9. The molecule has 0 N–H and O–H groups in total. The summed E-state index contributed by atoms with van der Waals surface area (Å²) in [5, 5.41) is 9.54. The van der Waals surface area contributed by atoms with E-state index in [0.717, 1.165) is 10.5 Å². The second kappa shape index (κ2) is 11.7. The normalized spacial score (nSPS) is 14.7. The summed E-state index contributed by atoms with van der Waals surface area (Å²) in [4.78, 5) is 37.8. The number of hydrogen-bond donors (Lipinski definition) is 0. The van der Waals surface area contributed by atoms with Crippen molar-refractivity contribution in [3.05, 3.63) is 76.4 Å². The SMILES string of the molecule is COc1cc(/C=C2/C(=O)N(CCCOC(C)=O)C(=O)C(C#N)=C2C)ccc1OCc1ccccc1. The van der Waals surface area contributed by atoms with E-state index in [1.54, 1.807) is 31.2 Å². The molecular weight excluding hydrogens is 448 g/mol. The maximum absolute atomic E-state index is 13.2. The second-order valence-electron chi connectivity index (χ2n) is 7.81. The van der Waals surface area contributed by atoms with E-state index in [0.29, 0.717) is 29.2 Å². The maximum atomic E-state index is 13.2. The van der Waals surface area contributed by atoms with E-state index in [9.17, 15) is 19.6 Å². The first-order valence-electron chi connectivity index (χ1n) is 11.0. The summed E-state index contributed by atoms with van der Waals surface area (Å²) in [6.07, 6.45) is 1.88. The van der Waals surface area contributed by atoms with Crippen LogP contribution in [0.1, 0.15) is 31.4 Å². The molecular formula is C27H26N2O6. The first-order chi connectivity index (χ1) is 16.8. The van der Waals surface area contributed by atoms with Crippen molar-refractivity contribution in [2.75, 3.05) is 20.3 Å². The Hall–Kier alpha value is -4.38. The molecule has 2 amide bonds. The lowest BCUT2D eigenvalue weighted by Gasteiger charge is -2.27. The number of nitrogens with zero attached hydrogens (tertiary/aromatic N) is 2. The fourth-order valence-corrected chi connectivity index (χ4v) is 3.57. The molecule has 0 aliphatic carbocycles. The quantitative estimate of drug-likeness (QED) is 0.235. The van der Waals surface area contributed by atoms with Gasteiger partial charge in [-0.15, -0.1) is 0 Å². The largest absolute Gasteiger partial charge is 0.493 e. The van der Waals surface area contributed by atoms with Crippen LogP contribution in [0.25, 0.3) is 6.08 Å². The summed E-state index contributed by atoms with van der Waals surface area (Å²) in [6.45, 7) is 3.32. The standard InChI is InChI=1S/C27H26N2O6/c1-18-22(26(31)29(27(32)23(18)16-28)12-7-13-34-19(2)30)14-21-10-11-24(25(15-21)33-3)35-17-20-8-5-4-6-9-20/h4-6,8-11,14-15H,7,12-13,17H2,1-3H3/b22-14+. The van der Waals surface area contributed by atoms with E-state index in [-0.39, 0.29) is 30.7 Å². The molecule has 0 fully saturated rings. The molecule has 0 saturated heterocycles. The van der Waals surface area contributed by atoms with Gasteiger partial charge in [-0.25, -0.2) is 0 Å². The molecule has 8 nitrogen and oxygen atoms in total. The Morgan fingerprint density at radius 3 is 2.49 bits per heavy atom. The van der Waals surface area contributed by atoms with Gasteiger partial charge >= 0.3 is 5.97 Å². The minimum atomic E-state index is -0.655. The summed E-state index contributed by atoms with van der Waals surface area (Å²) >= 11 is 0. The van der Waals surface area contributed by atoms with Crippen molar-refractivity contribution in [1.82, 2.24) is 4.90 Å². The Morgan fingerprint density at radius 2 is 1.83 bits per heavy atom. The highest BCUT2D eigenvalue weighted by Gasteiger charge is 2.35. The van der Waals surface area contributed by atoms with E-state index in [4.69, 9.17) is 14.2 Å². The lowest BCUT2D eigenvalue weighted by atomic mass is 9.93. The van der Waals surface area contributed by atoms with E-state index >= 15 is 0 Å². The van der Waals surface area contributed by atoms with Crippen LogP contribution < -0.4 is 9.47 Å². The van der Waals surface area contributed by atoms with E-state index in [1.165, 1.54) is 14.0 Å². The van der Waals surface area contributed by atoms with Crippen molar-refractivity contribution in [1.29, 1.82) is 5.26 Å². The van der Waals surface area contributed by atoms with Gasteiger partial charge in [0.05, 0.1) is 13.7 Å². The van der Waals surface area contributed by atoms with Crippen molar-refractivity contribution in [2.24, 2.45) is 0 Å². The number of ether oxygens (including phenoxy) is 3. The van der Waals surface area contributed by atoms with E-state index in [2.05, 4.69) is 0 Å². The molecule has 8 heteroatoms. The predicted octanol–water partition coefficient (Wildman–Crippen LogP) is 3.82. The minimum absolute atomic E-state index is 0.0241. The van der Waals surface area contributed by atoms with Gasteiger partial charge in [0.2, 0.25) is 0 Å². The van der Waals surface area contributed by atoms with Gasteiger partial charge in [-0.3, -0.25) is 19.3 Å². The van der Waals surface area contributed by atoms with Crippen molar-refractivity contribution >= 4 is 23.9 Å². The van der Waals surface area contributed by atoms with Crippen LogP contribution in [0.3, 0.4) is 0 Å². The van der Waals surface area contributed by atoms with E-state index < -0.39 is 17.8 Å². The number of carbonyl (C=O) groups is 3. The van der Waals surface area contributed by atoms with E-state index in [1.807, 2.05) is 36.4 Å². The second-order valence-corrected chi connectivity index (χ2v) is 7.81. The third-order valence-corrected chi connectivity index (χ3v) is 5.39. The highest BCUT2D eigenvalue weighted by molar-refractivity contribution is 6.19. The van der Waals surface area contributed by atoms with Gasteiger partial charge in [-0.2, -0.15) is 5.26 Å². The molecule has 0 atom stereocenters. The summed E-state index contributed by atoms with van der Waals surface area (Å²) in [7, 11) is 1.52. The van der Waals surface area contributed by atoms with Crippen molar-refractivity contribution in [3.63, 3.8) is 0 Å². The molecule has 35 heavy (non-hydrogen) atoms. The maximum Gasteiger partial charge on any atom is 0.302 e. The van der Waals surface area contributed by atoms with Gasteiger partial charge in [-0.05, 0) is 48.3 Å². The molecule has 0 spiro atoms. The van der Waals surface area contributed by atoms with Gasteiger partial charge in [-0.1, -0.05) is 36.4 Å². The number of nitriles is 1. The Bertz CT molecular complexity index is 1220. The van der Waals surface area contributed by atoms with Crippen LogP contribution >= 0.6 is 0 Å². The molecule has 2 aromatic carbocycles. The summed E-state index contributed by atoms with van der Waals surface area (Å²) < 4.78 is 16.2. The van der Waals surface area contributed by atoms with Crippen LogP contribution in [0, 0.1) is 11.3 Å². The molecule has 1 aliphatic heterocycles. The van der Waals surface area contributed by atoms with Crippen molar-refractivity contribution in [3.8, 4) is 17.6 Å². The molecule has 0 aromatic heterocycles. The average Bonchev–Trinajstić information content (AvgIpc) is 2.86. The number of rotatable bonds is 9. The number of methoxy groups -OCH3 is 1. The number of imide groups is 1. The molecule has 0 unspecified atom stereocenters. The number of hydrogen-bond acceptors (Lipinski definition) is 7. The lowest BCUT2D eigenvalue weighted by Crippen LogP contribution is -2.43. The summed E-state index contributed by atoms with van der Waals surface area (Å²) in [5.41, 5.74) is 2.09. The zero-order chi connectivity index (χ0) is 25.4. The van der Waals surface area contributed by atoms with Gasteiger partial charge in [0, 0.05) is 19.0 Å². The zero-order valence-corrected chi connectivity index (χ0v) is 19.9. The van der Waals surface area contributed by atoms with Crippen LogP contribution in [0.2, 0.25) is 0 Å². The van der Waals surface area contributed by atoms with Crippen LogP contribution in [0.5, 0.6) is 11.5 Å². The molecule has 0 saturated carbocycles. The monoisotopic (exact) mass is 474 g/mol. The molecule has 1 heterocycles. The van der Waals surface area contributed by atoms with Crippen LogP contribution in [-0.2, 0) is 25.7 Å². The highest BCUT2D eigenvalue weighted by atomic mass is 16.5. The first kappa shape index (κ1) is 25.2. The van der Waals surface area contributed by atoms with Gasteiger partial charge in [0.15, 0.2) is 11.5 Å². The van der Waals surface area contributed by atoms with Gasteiger partial charge in [0.25, 0.3) is 11.8 Å². The molecule has 0 bridgehead atoms. The molecule has 2 aromatic rings. The third-order valence-electron chi connectivity index (χ3n) is 5.39. The summed E-state index contributed by atoms with van der Waals surface area (Å²) in [6, 6.07) is 16.9. The molecule has 3 rings (SSSR count). The summed E-state index contributed by atoms with van der Waals surface area (Å²) in [5.74, 6) is -0.592. The molecule has 1 aliphatic rings. The van der Waals surface area contributed by atoms with Crippen LogP contribution in [-0.4, -0.2) is 42.9 Å². The van der Waals surface area contributed by atoms with Crippen molar-refractivity contribution in [2.45, 2.75) is 26.9 Å². The van der Waals surface area contributed by atoms with Crippen LogP contribution in [0.15, 0.2) is 65.3 Å². The lowest BCUT2D eigenvalue weighted by molar-refractivity contribution is -0.141. The number of benzene rings is 2.